The van der Waals surface area contributed by atoms with Gasteiger partial charge in [-0.2, -0.15) is 0 Å². The molecule has 2 aromatic rings. The van der Waals surface area contributed by atoms with E-state index in [1.807, 2.05) is 30.3 Å². The molecular formula is C16H18N2O3S. The SMILES string of the molecule is NS(=O)(=O)C1(c2cccc3ccccc23)CCCCNC1=O. The molecule has 3 N–H and O–H groups in total. The van der Waals surface area contributed by atoms with Gasteiger partial charge < -0.3 is 5.32 Å². The maximum absolute atomic E-state index is 12.7. The van der Waals surface area contributed by atoms with Crippen molar-refractivity contribution in [2.75, 3.05) is 6.54 Å². The molecule has 3 rings (SSSR count). The summed E-state index contributed by atoms with van der Waals surface area (Å²) < 4.78 is 23.1. The summed E-state index contributed by atoms with van der Waals surface area (Å²) in [7, 11) is -4.12. The summed E-state index contributed by atoms with van der Waals surface area (Å²) in [6, 6.07) is 12.8. The number of hydrogen-bond acceptors (Lipinski definition) is 3. The van der Waals surface area contributed by atoms with Crippen LogP contribution < -0.4 is 10.5 Å². The molecule has 0 aromatic heterocycles. The number of rotatable bonds is 2. The minimum Gasteiger partial charge on any atom is -0.354 e. The molecule has 1 atom stereocenters. The Kier molecular flexibility index (Phi) is 3.66. The van der Waals surface area contributed by atoms with E-state index in [4.69, 9.17) is 5.14 Å². The monoisotopic (exact) mass is 318 g/mol. The van der Waals surface area contributed by atoms with Crippen LogP contribution in [-0.4, -0.2) is 20.9 Å². The van der Waals surface area contributed by atoms with Crippen molar-refractivity contribution in [3.05, 3.63) is 48.0 Å². The standard InChI is InChI=1S/C16H18N2O3S/c17-22(20,21)16(10-3-4-11-18-15(16)19)14-9-5-7-12-6-1-2-8-13(12)14/h1-2,5-9H,3-4,10-11H2,(H,18,19)(H2,17,20,21). The molecule has 0 bridgehead atoms. The van der Waals surface area contributed by atoms with Gasteiger partial charge in [-0.15, -0.1) is 0 Å². The summed E-state index contributed by atoms with van der Waals surface area (Å²) >= 11 is 0. The van der Waals surface area contributed by atoms with Crippen LogP contribution in [0, 0.1) is 0 Å². The highest BCUT2D eigenvalue weighted by Crippen LogP contribution is 2.39. The molecule has 1 fully saturated rings. The second-order valence-corrected chi connectivity index (χ2v) is 7.40. The van der Waals surface area contributed by atoms with Crippen molar-refractivity contribution in [1.82, 2.24) is 5.32 Å². The predicted octanol–water partition coefficient (Wildman–Crippen LogP) is 1.62. The van der Waals surface area contributed by atoms with Crippen molar-refractivity contribution >= 4 is 26.7 Å². The topological polar surface area (TPSA) is 89.3 Å². The zero-order valence-electron chi connectivity index (χ0n) is 12.1. The lowest BCUT2D eigenvalue weighted by Crippen LogP contribution is -2.51. The van der Waals surface area contributed by atoms with Crippen LogP contribution in [0.4, 0.5) is 0 Å². The number of nitrogens with two attached hydrogens (primary N) is 1. The van der Waals surface area contributed by atoms with Crippen LogP contribution in [0.3, 0.4) is 0 Å². The van der Waals surface area contributed by atoms with E-state index in [1.54, 1.807) is 12.1 Å². The Hall–Kier alpha value is -1.92. The van der Waals surface area contributed by atoms with Crippen LogP contribution in [0.1, 0.15) is 24.8 Å². The summed E-state index contributed by atoms with van der Waals surface area (Å²) in [5.41, 5.74) is 0.465. The molecular weight excluding hydrogens is 300 g/mol. The van der Waals surface area contributed by atoms with E-state index in [2.05, 4.69) is 5.32 Å². The summed E-state index contributed by atoms with van der Waals surface area (Å²) in [6.45, 7) is 0.473. The first-order valence-corrected chi connectivity index (χ1v) is 8.80. The molecule has 0 radical (unpaired) electrons. The Labute approximate surface area is 129 Å². The van der Waals surface area contributed by atoms with Gasteiger partial charge in [0, 0.05) is 6.54 Å². The Balaban J connectivity index is 2.37. The molecule has 116 valence electrons. The van der Waals surface area contributed by atoms with Gasteiger partial charge in [0.05, 0.1) is 0 Å². The molecule has 0 spiro atoms. The lowest BCUT2D eigenvalue weighted by atomic mass is 9.88. The molecule has 22 heavy (non-hydrogen) atoms. The van der Waals surface area contributed by atoms with E-state index >= 15 is 0 Å². The summed E-state index contributed by atoms with van der Waals surface area (Å²) in [4.78, 5) is 12.7. The van der Waals surface area contributed by atoms with Gasteiger partial charge in [-0.05, 0) is 35.6 Å². The average Bonchev–Trinajstić information content (AvgIpc) is 2.68. The largest absolute Gasteiger partial charge is 0.354 e. The molecule has 1 unspecified atom stereocenters. The lowest BCUT2D eigenvalue weighted by Gasteiger charge is -2.30. The lowest BCUT2D eigenvalue weighted by molar-refractivity contribution is -0.123. The summed E-state index contributed by atoms with van der Waals surface area (Å²) in [6.07, 6.45) is 1.57. The van der Waals surface area contributed by atoms with Crippen molar-refractivity contribution in [2.24, 2.45) is 5.14 Å². The van der Waals surface area contributed by atoms with Crippen LogP contribution in [0.5, 0.6) is 0 Å². The van der Waals surface area contributed by atoms with Crippen LogP contribution in [0.15, 0.2) is 42.5 Å². The zero-order chi connectivity index (χ0) is 15.8. The number of amides is 1. The van der Waals surface area contributed by atoms with E-state index in [9.17, 15) is 13.2 Å². The van der Waals surface area contributed by atoms with Crippen LogP contribution in [0.2, 0.25) is 0 Å². The van der Waals surface area contributed by atoms with Gasteiger partial charge in [-0.1, -0.05) is 42.5 Å². The number of carbonyl (C=O) groups is 1. The Morgan fingerprint density at radius 3 is 2.55 bits per heavy atom. The second kappa shape index (κ2) is 5.37. The smallest absolute Gasteiger partial charge is 0.247 e. The highest BCUT2D eigenvalue weighted by molar-refractivity contribution is 7.91. The molecule has 2 aromatic carbocycles. The van der Waals surface area contributed by atoms with Crippen LogP contribution in [-0.2, 0) is 19.6 Å². The van der Waals surface area contributed by atoms with Crippen LogP contribution in [0.25, 0.3) is 10.8 Å². The quantitative estimate of drug-likeness (QED) is 0.882. The molecule has 0 aliphatic carbocycles. The van der Waals surface area contributed by atoms with Gasteiger partial charge in [0.2, 0.25) is 15.9 Å². The molecule has 1 aliphatic heterocycles. The number of hydrogen-bond donors (Lipinski definition) is 2. The number of fused-ring (bicyclic) bond motifs is 1. The first kappa shape index (κ1) is 15.0. The fourth-order valence-electron chi connectivity index (χ4n) is 3.22. The van der Waals surface area contributed by atoms with Crippen molar-refractivity contribution < 1.29 is 13.2 Å². The molecule has 1 aliphatic rings. The third-order valence-electron chi connectivity index (χ3n) is 4.32. The van der Waals surface area contributed by atoms with Crippen molar-refractivity contribution in [1.29, 1.82) is 0 Å². The Morgan fingerprint density at radius 2 is 1.77 bits per heavy atom. The maximum Gasteiger partial charge on any atom is 0.247 e. The number of primary sulfonamides is 1. The minimum atomic E-state index is -4.12. The fraction of sp³-hybridized carbons (Fsp3) is 0.312. The fourth-order valence-corrected chi connectivity index (χ4v) is 4.46. The van der Waals surface area contributed by atoms with Gasteiger partial charge in [-0.25, -0.2) is 13.6 Å². The molecule has 1 saturated heterocycles. The molecule has 0 saturated carbocycles. The highest BCUT2D eigenvalue weighted by atomic mass is 32.2. The summed E-state index contributed by atoms with van der Waals surface area (Å²) in [5.74, 6) is -0.524. The van der Waals surface area contributed by atoms with Gasteiger partial charge in [0.1, 0.15) is 0 Å². The third-order valence-corrected chi connectivity index (χ3v) is 5.90. The van der Waals surface area contributed by atoms with E-state index in [0.717, 1.165) is 17.2 Å². The maximum atomic E-state index is 12.7. The van der Waals surface area contributed by atoms with Crippen molar-refractivity contribution in [2.45, 2.75) is 24.0 Å². The zero-order valence-corrected chi connectivity index (χ0v) is 12.9. The normalized spacial score (nSPS) is 23.0. The van der Waals surface area contributed by atoms with Gasteiger partial charge >= 0.3 is 0 Å². The molecule has 6 heteroatoms. The van der Waals surface area contributed by atoms with E-state index < -0.39 is 20.7 Å². The number of sulfonamides is 1. The van der Waals surface area contributed by atoms with Gasteiger partial charge in [0.15, 0.2) is 4.75 Å². The first-order valence-electron chi connectivity index (χ1n) is 7.26. The number of carbonyl (C=O) groups excluding carboxylic acids is 1. The summed E-state index contributed by atoms with van der Waals surface area (Å²) in [5, 5.41) is 9.88. The van der Waals surface area contributed by atoms with E-state index in [1.165, 1.54) is 0 Å². The molecule has 1 heterocycles. The van der Waals surface area contributed by atoms with E-state index in [-0.39, 0.29) is 6.42 Å². The predicted molar refractivity (Wildman–Crippen MR) is 85.6 cm³/mol. The van der Waals surface area contributed by atoms with E-state index in [0.29, 0.717) is 18.5 Å². The van der Waals surface area contributed by atoms with Crippen molar-refractivity contribution in [3.63, 3.8) is 0 Å². The second-order valence-electron chi connectivity index (χ2n) is 5.61. The van der Waals surface area contributed by atoms with Crippen molar-refractivity contribution in [3.8, 4) is 0 Å². The Bertz CT molecular complexity index is 827. The van der Waals surface area contributed by atoms with Gasteiger partial charge in [-0.3, -0.25) is 4.79 Å². The van der Waals surface area contributed by atoms with Gasteiger partial charge in [0.25, 0.3) is 0 Å². The highest BCUT2D eigenvalue weighted by Gasteiger charge is 2.51. The Morgan fingerprint density at radius 1 is 1.05 bits per heavy atom. The minimum absolute atomic E-state index is 0.200. The third kappa shape index (κ3) is 2.19. The number of benzene rings is 2. The molecule has 5 nitrogen and oxygen atoms in total. The number of nitrogens with one attached hydrogen (secondary N) is 1. The molecule has 1 amide bonds. The average molecular weight is 318 g/mol. The van der Waals surface area contributed by atoms with Crippen LogP contribution >= 0.6 is 0 Å². The first-order chi connectivity index (χ1) is 10.5.